The molecule has 178 valence electrons. The van der Waals surface area contributed by atoms with E-state index in [9.17, 15) is 14.3 Å². The molecule has 8 heteroatoms. The Morgan fingerprint density at radius 2 is 1.74 bits per heavy atom. The number of carboxylic acid groups (broad SMARTS) is 1. The van der Waals surface area contributed by atoms with Gasteiger partial charge in [-0.25, -0.2) is 19.2 Å². The second-order valence-electron chi connectivity index (χ2n) is 8.31. The Morgan fingerprint density at radius 1 is 1.00 bits per heavy atom. The highest BCUT2D eigenvalue weighted by Gasteiger charge is 2.21. The normalized spacial score (nSPS) is 14.2. The molecule has 0 spiro atoms. The molecule has 0 aliphatic carbocycles. The molecule has 1 saturated heterocycles. The summed E-state index contributed by atoms with van der Waals surface area (Å²) in [6, 6.07) is 16.2. The number of ether oxygens (including phenoxy) is 1. The number of benzene rings is 2. The summed E-state index contributed by atoms with van der Waals surface area (Å²) >= 11 is 0. The lowest BCUT2D eigenvalue weighted by Crippen LogP contribution is -2.48. The van der Waals surface area contributed by atoms with E-state index in [1.165, 1.54) is 23.9 Å². The molecule has 0 radical (unpaired) electrons. The zero-order valence-electron chi connectivity index (χ0n) is 19.1. The minimum atomic E-state index is -0.993. The zero-order valence-corrected chi connectivity index (χ0v) is 19.1. The van der Waals surface area contributed by atoms with Crippen molar-refractivity contribution >= 4 is 11.9 Å². The lowest BCUT2D eigenvalue weighted by Gasteiger charge is -2.34. The van der Waals surface area contributed by atoms with Crippen LogP contribution in [0.15, 0.2) is 60.8 Å². The second kappa shape index (κ2) is 11.6. The number of nitrogens with zero attached hydrogens (tertiary/aromatic N) is 4. The molecule has 2 heterocycles. The Morgan fingerprint density at radius 3 is 2.44 bits per heavy atom. The lowest BCUT2D eigenvalue weighted by molar-refractivity contribution is 0.0694. The van der Waals surface area contributed by atoms with Gasteiger partial charge in [0.25, 0.3) is 0 Å². The van der Waals surface area contributed by atoms with Crippen LogP contribution in [0.25, 0.3) is 0 Å². The molecule has 7 nitrogen and oxygen atoms in total. The average Bonchev–Trinajstić information content (AvgIpc) is 2.86. The van der Waals surface area contributed by atoms with Crippen molar-refractivity contribution in [2.24, 2.45) is 0 Å². The van der Waals surface area contributed by atoms with Gasteiger partial charge in [0.1, 0.15) is 18.2 Å². The molecular formula is C26H29FN4O3. The number of anilines is 1. The summed E-state index contributed by atoms with van der Waals surface area (Å²) in [6.45, 7) is 4.48. The number of carbonyl (C=O) groups is 1. The maximum Gasteiger partial charge on any atom is 0.339 e. The monoisotopic (exact) mass is 464 g/mol. The van der Waals surface area contributed by atoms with Crippen molar-refractivity contribution in [2.75, 3.05) is 44.2 Å². The fraction of sp³-hybridized carbons (Fsp3) is 0.346. The molecule has 0 unspecified atom stereocenters. The van der Waals surface area contributed by atoms with E-state index in [1.54, 1.807) is 12.1 Å². The van der Waals surface area contributed by atoms with Crippen molar-refractivity contribution in [2.45, 2.75) is 19.3 Å². The molecule has 4 rings (SSSR count). The topological polar surface area (TPSA) is 78.8 Å². The molecule has 2 aromatic carbocycles. The number of carboxylic acids is 1. The van der Waals surface area contributed by atoms with Gasteiger partial charge in [-0.15, -0.1) is 0 Å². The standard InChI is InChI=1S/C26H29FN4O3/c27-21-9-11-22(12-10-21)34-18-17-30-13-15-31(16-14-30)26-28-19-23(25(32)33)24(29-26)8-4-7-20-5-2-1-3-6-20/h1-3,5-6,9-12,19H,4,7-8,13-18H2,(H,32,33). The highest BCUT2D eigenvalue weighted by molar-refractivity contribution is 5.88. The first-order valence-electron chi connectivity index (χ1n) is 11.6. The van der Waals surface area contributed by atoms with E-state index in [0.717, 1.165) is 45.6 Å². The summed E-state index contributed by atoms with van der Waals surface area (Å²) in [4.78, 5) is 25.1. The quantitative estimate of drug-likeness (QED) is 0.490. The number of aryl methyl sites for hydroxylation is 2. The van der Waals surface area contributed by atoms with Crippen molar-refractivity contribution < 1.29 is 19.0 Å². The van der Waals surface area contributed by atoms with Crippen molar-refractivity contribution in [3.63, 3.8) is 0 Å². The molecule has 0 saturated carbocycles. The minimum absolute atomic E-state index is 0.174. The molecule has 34 heavy (non-hydrogen) atoms. The van der Waals surface area contributed by atoms with Gasteiger partial charge in [-0.05, 0) is 49.1 Å². The summed E-state index contributed by atoms with van der Waals surface area (Å²) in [6.07, 6.45) is 3.72. The fourth-order valence-electron chi connectivity index (χ4n) is 4.03. The van der Waals surface area contributed by atoms with Gasteiger partial charge < -0.3 is 14.7 Å². The van der Waals surface area contributed by atoms with E-state index in [2.05, 4.69) is 31.9 Å². The smallest absolute Gasteiger partial charge is 0.339 e. The lowest BCUT2D eigenvalue weighted by atomic mass is 10.0. The number of hydrogen-bond acceptors (Lipinski definition) is 6. The molecule has 1 aromatic heterocycles. The van der Waals surface area contributed by atoms with Gasteiger partial charge in [0.15, 0.2) is 0 Å². The van der Waals surface area contributed by atoms with Crippen molar-refractivity contribution in [3.05, 3.63) is 83.4 Å². The minimum Gasteiger partial charge on any atom is -0.492 e. The van der Waals surface area contributed by atoms with Gasteiger partial charge >= 0.3 is 5.97 Å². The first kappa shape index (κ1) is 23.6. The van der Waals surface area contributed by atoms with Crippen LogP contribution in [-0.2, 0) is 12.8 Å². The third kappa shape index (κ3) is 6.51. The summed E-state index contributed by atoms with van der Waals surface area (Å²) < 4.78 is 18.7. The number of aromatic carboxylic acids is 1. The van der Waals surface area contributed by atoms with E-state index in [1.807, 2.05) is 18.2 Å². The summed E-state index contributed by atoms with van der Waals surface area (Å²) in [5, 5.41) is 9.57. The van der Waals surface area contributed by atoms with Crippen molar-refractivity contribution in [3.8, 4) is 5.75 Å². The Bertz CT molecular complexity index is 1070. The Hall–Kier alpha value is -3.52. The first-order valence-corrected chi connectivity index (χ1v) is 11.6. The van der Waals surface area contributed by atoms with Crippen LogP contribution in [-0.4, -0.2) is 65.3 Å². The van der Waals surface area contributed by atoms with Crippen LogP contribution in [0.3, 0.4) is 0 Å². The number of halogens is 1. The van der Waals surface area contributed by atoms with Crippen LogP contribution in [0.5, 0.6) is 5.75 Å². The maximum atomic E-state index is 13.0. The Kier molecular flexibility index (Phi) is 8.04. The predicted octanol–water partition coefficient (Wildman–Crippen LogP) is 3.69. The highest BCUT2D eigenvalue weighted by Crippen LogP contribution is 2.17. The van der Waals surface area contributed by atoms with E-state index >= 15 is 0 Å². The van der Waals surface area contributed by atoms with Crippen molar-refractivity contribution in [1.82, 2.24) is 14.9 Å². The van der Waals surface area contributed by atoms with E-state index in [-0.39, 0.29) is 11.4 Å². The Balaban J connectivity index is 1.29. The molecule has 1 aliphatic rings. The largest absolute Gasteiger partial charge is 0.492 e. The van der Waals surface area contributed by atoms with E-state index in [4.69, 9.17) is 4.74 Å². The number of hydrogen-bond donors (Lipinski definition) is 1. The second-order valence-corrected chi connectivity index (χ2v) is 8.31. The van der Waals surface area contributed by atoms with Gasteiger partial charge in [-0.1, -0.05) is 30.3 Å². The Labute approximate surface area is 198 Å². The van der Waals surface area contributed by atoms with Crippen LogP contribution in [0.4, 0.5) is 10.3 Å². The molecule has 0 bridgehead atoms. The van der Waals surface area contributed by atoms with Crippen LogP contribution in [0.2, 0.25) is 0 Å². The zero-order chi connectivity index (χ0) is 23.8. The number of piperazine rings is 1. The molecule has 3 aromatic rings. The van der Waals surface area contributed by atoms with Crippen LogP contribution in [0, 0.1) is 5.82 Å². The maximum absolute atomic E-state index is 13.0. The summed E-state index contributed by atoms with van der Waals surface area (Å²) in [7, 11) is 0. The van der Waals surface area contributed by atoms with Gasteiger partial charge in [0.05, 0.1) is 11.3 Å². The molecule has 1 fully saturated rings. The fourth-order valence-corrected chi connectivity index (χ4v) is 4.03. The molecule has 0 amide bonds. The third-order valence-corrected chi connectivity index (χ3v) is 5.95. The van der Waals surface area contributed by atoms with E-state index in [0.29, 0.717) is 30.4 Å². The third-order valence-electron chi connectivity index (χ3n) is 5.95. The number of rotatable bonds is 10. The van der Waals surface area contributed by atoms with Gasteiger partial charge in [0, 0.05) is 38.9 Å². The molecule has 0 atom stereocenters. The number of aromatic nitrogens is 2. The van der Waals surface area contributed by atoms with Crippen LogP contribution >= 0.6 is 0 Å². The molecular weight excluding hydrogens is 435 g/mol. The van der Waals surface area contributed by atoms with Crippen LogP contribution in [0.1, 0.15) is 28.0 Å². The molecule has 1 aliphatic heterocycles. The van der Waals surface area contributed by atoms with Crippen molar-refractivity contribution in [1.29, 1.82) is 0 Å². The van der Waals surface area contributed by atoms with Gasteiger partial charge in [-0.3, -0.25) is 4.90 Å². The van der Waals surface area contributed by atoms with E-state index < -0.39 is 5.97 Å². The first-order chi connectivity index (χ1) is 16.6. The predicted molar refractivity (Wildman–Crippen MR) is 128 cm³/mol. The SMILES string of the molecule is O=C(O)c1cnc(N2CCN(CCOc3ccc(F)cc3)CC2)nc1CCCc1ccccc1. The average molecular weight is 465 g/mol. The van der Waals surface area contributed by atoms with Gasteiger partial charge in [-0.2, -0.15) is 0 Å². The van der Waals surface area contributed by atoms with Gasteiger partial charge in [0.2, 0.25) is 5.95 Å². The molecule has 1 N–H and O–H groups in total. The summed E-state index contributed by atoms with van der Waals surface area (Å²) in [5.41, 5.74) is 1.99. The highest BCUT2D eigenvalue weighted by atomic mass is 19.1. The van der Waals surface area contributed by atoms with Crippen LogP contribution < -0.4 is 9.64 Å². The summed E-state index contributed by atoms with van der Waals surface area (Å²) in [5.74, 6) is -0.0256.